The molecular formula is C7H8N2OS. The summed E-state index contributed by atoms with van der Waals surface area (Å²) in [6.45, 7) is 2.03. The molecule has 0 N–H and O–H groups in total. The van der Waals surface area contributed by atoms with Crippen LogP contribution in [-0.2, 0) is 4.79 Å². The van der Waals surface area contributed by atoms with Gasteiger partial charge in [0.2, 0.25) is 6.08 Å². The van der Waals surface area contributed by atoms with Gasteiger partial charge in [-0.3, -0.25) is 0 Å². The van der Waals surface area contributed by atoms with Gasteiger partial charge in [0, 0.05) is 11.0 Å². The molecule has 11 heavy (non-hydrogen) atoms. The van der Waals surface area contributed by atoms with E-state index in [1.54, 1.807) is 11.8 Å². The van der Waals surface area contributed by atoms with Crippen LogP contribution in [0.5, 0.6) is 0 Å². The second kappa shape index (κ2) is 3.08. The first-order valence-corrected chi connectivity index (χ1v) is 4.39. The van der Waals surface area contributed by atoms with Crippen LogP contribution in [0.1, 0.15) is 13.3 Å². The molecule has 0 bridgehead atoms. The summed E-state index contributed by atoms with van der Waals surface area (Å²) in [7, 11) is 0. The normalized spacial score (nSPS) is 35.8. The molecule has 0 radical (unpaired) electrons. The van der Waals surface area contributed by atoms with Crippen LogP contribution >= 0.6 is 11.8 Å². The van der Waals surface area contributed by atoms with Crippen LogP contribution in [0.15, 0.2) is 4.99 Å². The van der Waals surface area contributed by atoms with Crippen molar-refractivity contribution in [1.29, 1.82) is 5.26 Å². The summed E-state index contributed by atoms with van der Waals surface area (Å²) in [5.41, 5.74) is -0.772. The lowest BCUT2D eigenvalue weighted by Gasteiger charge is -2.09. The van der Waals surface area contributed by atoms with E-state index >= 15 is 0 Å². The Hall–Kier alpha value is -0.780. The number of nitriles is 1. The van der Waals surface area contributed by atoms with E-state index in [-0.39, 0.29) is 0 Å². The standard InChI is InChI=1S/C7H8N2OS/c1-6-2-7(3-8,4-11-6)9-5-10/h6H,2,4H2,1H3. The Morgan fingerprint density at radius 3 is 2.91 bits per heavy atom. The molecule has 3 nitrogen and oxygen atoms in total. The average Bonchev–Trinajstić information content (AvgIpc) is 2.34. The molecule has 2 unspecified atom stereocenters. The van der Waals surface area contributed by atoms with Crippen LogP contribution in [0.2, 0.25) is 0 Å². The summed E-state index contributed by atoms with van der Waals surface area (Å²) < 4.78 is 0. The van der Waals surface area contributed by atoms with Crippen LogP contribution in [-0.4, -0.2) is 22.6 Å². The molecule has 58 valence electrons. The molecule has 0 saturated carbocycles. The van der Waals surface area contributed by atoms with E-state index in [0.29, 0.717) is 17.4 Å². The predicted octanol–water partition coefficient (Wildman–Crippen LogP) is 1.11. The molecule has 0 aromatic heterocycles. The largest absolute Gasteiger partial charge is 0.236 e. The summed E-state index contributed by atoms with van der Waals surface area (Å²) in [5.74, 6) is 0.625. The zero-order valence-corrected chi connectivity index (χ0v) is 7.02. The fourth-order valence-electron chi connectivity index (χ4n) is 1.14. The van der Waals surface area contributed by atoms with Gasteiger partial charge in [-0.25, -0.2) is 4.79 Å². The van der Waals surface area contributed by atoms with Crippen LogP contribution in [0.25, 0.3) is 0 Å². The monoisotopic (exact) mass is 168 g/mol. The summed E-state index contributed by atoms with van der Waals surface area (Å²) >= 11 is 1.67. The highest BCUT2D eigenvalue weighted by Gasteiger charge is 2.38. The van der Waals surface area contributed by atoms with Gasteiger partial charge in [-0.2, -0.15) is 22.0 Å². The number of hydrogen-bond acceptors (Lipinski definition) is 4. The Morgan fingerprint density at radius 1 is 1.82 bits per heavy atom. The molecule has 2 atom stereocenters. The van der Waals surface area contributed by atoms with Gasteiger partial charge in [-0.15, -0.1) is 0 Å². The molecule has 1 heterocycles. The second-order valence-electron chi connectivity index (χ2n) is 2.67. The number of isocyanates is 1. The summed E-state index contributed by atoms with van der Waals surface area (Å²) in [4.78, 5) is 13.5. The Labute approximate surface area is 69.5 Å². The van der Waals surface area contributed by atoms with E-state index in [4.69, 9.17) is 5.26 Å². The van der Waals surface area contributed by atoms with Crippen LogP contribution in [0.4, 0.5) is 0 Å². The Morgan fingerprint density at radius 2 is 2.55 bits per heavy atom. The fraction of sp³-hybridized carbons (Fsp3) is 0.714. The van der Waals surface area contributed by atoms with Crippen molar-refractivity contribution in [1.82, 2.24) is 0 Å². The van der Waals surface area contributed by atoms with Crippen molar-refractivity contribution in [3.63, 3.8) is 0 Å². The van der Waals surface area contributed by atoms with E-state index in [2.05, 4.69) is 11.1 Å². The van der Waals surface area contributed by atoms with Crippen molar-refractivity contribution < 1.29 is 4.79 Å². The minimum absolute atomic E-state index is 0.423. The maximum Gasteiger partial charge on any atom is 0.236 e. The summed E-state index contributed by atoms with van der Waals surface area (Å²) in [6.07, 6.45) is 2.13. The van der Waals surface area contributed by atoms with Gasteiger partial charge in [-0.05, 0) is 6.42 Å². The van der Waals surface area contributed by atoms with Gasteiger partial charge >= 0.3 is 0 Å². The Kier molecular flexibility index (Phi) is 2.33. The molecule has 1 rings (SSSR count). The Bertz CT molecular complexity index is 241. The summed E-state index contributed by atoms with van der Waals surface area (Å²) in [6, 6.07) is 2.06. The minimum Gasteiger partial charge on any atom is -0.211 e. The van der Waals surface area contributed by atoms with Crippen LogP contribution in [0, 0.1) is 11.3 Å². The molecule has 0 aromatic carbocycles. The molecule has 1 aliphatic heterocycles. The van der Waals surface area contributed by atoms with Crippen LogP contribution < -0.4 is 0 Å². The third-order valence-electron chi connectivity index (χ3n) is 1.70. The molecule has 1 fully saturated rings. The topological polar surface area (TPSA) is 53.2 Å². The second-order valence-corrected chi connectivity index (χ2v) is 4.10. The average molecular weight is 168 g/mol. The SMILES string of the molecule is CC1CC(C#N)(N=C=O)CS1. The van der Waals surface area contributed by atoms with Crippen molar-refractivity contribution in [2.75, 3.05) is 5.75 Å². The highest BCUT2D eigenvalue weighted by molar-refractivity contribution is 8.00. The first kappa shape index (κ1) is 8.32. The van der Waals surface area contributed by atoms with Gasteiger partial charge in [0.15, 0.2) is 5.54 Å². The van der Waals surface area contributed by atoms with Crippen molar-refractivity contribution >= 4 is 17.8 Å². The summed E-state index contributed by atoms with van der Waals surface area (Å²) in [5, 5.41) is 9.15. The number of carbonyl (C=O) groups excluding carboxylic acids is 1. The van der Waals surface area contributed by atoms with E-state index in [1.165, 1.54) is 6.08 Å². The molecule has 0 aliphatic carbocycles. The van der Waals surface area contributed by atoms with Gasteiger partial charge in [0.25, 0.3) is 0 Å². The smallest absolute Gasteiger partial charge is 0.211 e. The van der Waals surface area contributed by atoms with Gasteiger partial charge in [-0.1, -0.05) is 6.92 Å². The zero-order valence-electron chi connectivity index (χ0n) is 6.20. The van der Waals surface area contributed by atoms with Crippen LogP contribution in [0.3, 0.4) is 0 Å². The van der Waals surface area contributed by atoms with E-state index < -0.39 is 5.54 Å². The first-order chi connectivity index (χ1) is 5.22. The quantitative estimate of drug-likeness (QED) is 0.435. The lowest BCUT2D eigenvalue weighted by atomic mass is 10.00. The molecule has 4 heteroatoms. The molecule has 1 aliphatic rings. The number of rotatable bonds is 1. The van der Waals surface area contributed by atoms with Crippen molar-refractivity contribution in [3.05, 3.63) is 0 Å². The molecule has 0 aromatic rings. The number of aliphatic imine (C=N–C) groups is 1. The highest BCUT2D eigenvalue weighted by atomic mass is 32.2. The molecule has 0 amide bonds. The van der Waals surface area contributed by atoms with E-state index in [9.17, 15) is 4.79 Å². The van der Waals surface area contributed by atoms with Gasteiger partial charge < -0.3 is 0 Å². The van der Waals surface area contributed by atoms with E-state index in [1.807, 2.05) is 6.92 Å². The molecule has 0 spiro atoms. The van der Waals surface area contributed by atoms with Crippen molar-refractivity contribution in [2.45, 2.75) is 24.1 Å². The van der Waals surface area contributed by atoms with Gasteiger partial charge in [0.1, 0.15) is 0 Å². The number of hydrogen-bond donors (Lipinski definition) is 0. The first-order valence-electron chi connectivity index (χ1n) is 3.34. The highest BCUT2D eigenvalue weighted by Crippen LogP contribution is 2.36. The lowest BCUT2D eigenvalue weighted by molar-refractivity contribution is 0.538. The number of nitrogens with zero attached hydrogens (tertiary/aromatic N) is 2. The maximum atomic E-state index is 9.98. The minimum atomic E-state index is -0.772. The zero-order chi connectivity index (χ0) is 8.32. The lowest BCUT2D eigenvalue weighted by Crippen LogP contribution is -2.23. The van der Waals surface area contributed by atoms with E-state index in [0.717, 1.165) is 0 Å². The number of thioether (sulfide) groups is 1. The molecule has 1 saturated heterocycles. The third-order valence-corrected chi connectivity index (χ3v) is 3.08. The third kappa shape index (κ3) is 1.62. The predicted molar refractivity (Wildman–Crippen MR) is 43.0 cm³/mol. The Balaban J connectivity index is 2.80. The van der Waals surface area contributed by atoms with Gasteiger partial charge in [0.05, 0.1) is 6.07 Å². The fourth-order valence-corrected chi connectivity index (χ4v) is 2.34. The molecular weight excluding hydrogens is 160 g/mol. The van der Waals surface area contributed by atoms with Crippen molar-refractivity contribution in [3.8, 4) is 6.07 Å². The van der Waals surface area contributed by atoms with Crippen molar-refractivity contribution in [2.24, 2.45) is 4.99 Å². The maximum absolute atomic E-state index is 9.98.